The van der Waals surface area contributed by atoms with E-state index in [1.54, 1.807) is 11.3 Å². The van der Waals surface area contributed by atoms with Gasteiger partial charge in [0.1, 0.15) is 0 Å². The van der Waals surface area contributed by atoms with Gasteiger partial charge in [0, 0.05) is 4.88 Å². The molecule has 0 unspecified atom stereocenters. The Hall–Kier alpha value is -1.61. The molecule has 2 rings (SSSR count). The second-order valence-corrected chi connectivity index (χ2v) is 5.49. The number of ether oxygens (including phenoxy) is 1. The average molecular weight is 274 g/mol. The highest BCUT2D eigenvalue weighted by Crippen LogP contribution is 2.24. The molecule has 1 heterocycles. The third kappa shape index (κ3) is 3.93. The minimum Gasteiger partial charge on any atom is -0.469 e. The van der Waals surface area contributed by atoms with Crippen LogP contribution in [0.25, 0.3) is 0 Å². The Bertz CT molecular complexity index is 491. The van der Waals surface area contributed by atoms with E-state index in [2.05, 4.69) is 17.5 Å². The average Bonchev–Trinajstić information content (AvgIpc) is 2.97. The van der Waals surface area contributed by atoms with E-state index in [0.717, 1.165) is 24.8 Å². The van der Waals surface area contributed by atoms with Crippen LogP contribution in [-0.2, 0) is 16.0 Å². The van der Waals surface area contributed by atoms with Crippen LogP contribution in [-0.4, -0.2) is 13.1 Å². The molecule has 3 heteroatoms. The first-order chi connectivity index (χ1) is 9.31. The highest BCUT2D eigenvalue weighted by atomic mass is 32.1. The highest BCUT2D eigenvalue weighted by molar-refractivity contribution is 7.09. The summed E-state index contributed by atoms with van der Waals surface area (Å²) in [5, 5.41) is 2.09. The lowest BCUT2D eigenvalue weighted by atomic mass is 9.93. The molecule has 0 saturated carbocycles. The van der Waals surface area contributed by atoms with Crippen LogP contribution in [0, 0.1) is 0 Å². The molecule has 0 aliphatic heterocycles. The molecule has 2 aromatic rings. The van der Waals surface area contributed by atoms with E-state index in [1.165, 1.54) is 12.0 Å². The van der Waals surface area contributed by atoms with Crippen LogP contribution in [0.5, 0.6) is 0 Å². The first kappa shape index (κ1) is 13.8. The van der Waals surface area contributed by atoms with Crippen LogP contribution >= 0.6 is 11.3 Å². The molecule has 19 heavy (non-hydrogen) atoms. The van der Waals surface area contributed by atoms with E-state index < -0.39 is 0 Å². The molecule has 100 valence electrons. The fourth-order valence-electron chi connectivity index (χ4n) is 2.18. The Balaban J connectivity index is 1.97. The molecule has 2 nitrogen and oxygen atoms in total. The second-order valence-electron chi connectivity index (χ2n) is 4.46. The summed E-state index contributed by atoms with van der Waals surface area (Å²) in [5.41, 5.74) is 1.04. The van der Waals surface area contributed by atoms with E-state index in [9.17, 15) is 4.79 Å². The fourth-order valence-corrected chi connectivity index (χ4v) is 2.93. The van der Waals surface area contributed by atoms with Gasteiger partial charge >= 0.3 is 5.97 Å². The number of esters is 1. The topological polar surface area (TPSA) is 26.3 Å². The quantitative estimate of drug-likeness (QED) is 0.743. The lowest BCUT2D eigenvalue weighted by Crippen LogP contribution is -2.14. The van der Waals surface area contributed by atoms with Crippen molar-refractivity contribution in [2.24, 2.45) is 0 Å². The molecule has 0 fully saturated rings. The number of rotatable bonds is 6. The Morgan fingerprint density at radius 2 is 2.00 bits per heavy atom. The van der Waals surface area contributed by atoms with E-state index in [4.69, 9.17) is 4.74 Å². The molecule has 1 aromatic heterocycles. The van der Waals surface area contributed by atoms with Crippen molar-refractivity contribution in [1.29, 1.82) is 0 Å². The molecular weight excluding hydrogens is 256 g/mol. The molecule has 1 atom stereocenters. The number of thiophene rings is 1. The number of carbonyl (C=O) groups excluding carboxylic acids is 1. The summed E-state index contributed by atoms with van der Waals surface area (Å²) in [6.45, 7) is 0. The third-order valence-electron chi connectivity index (χ3n) is 3.18. The van der Waals surface area contributed by atoms with Crippen LogP contribution in [0.3, 0.4) is 0 Å². The number of hydrogen-bond donors (Lipinski definition) is 0. The SMILES string of the molecule is COC(=O)[C@@H](CCCc1cccs1)c1ccccc1. The van der Waals surface area contributed by atoms with Gasteiger partial charge in [0.15, 0.2) is 0 Å². The zero-order valence-corrected chi connectivity index (χ0v) is 11.9. The molecule has 0 radical (unpaired) electrons. The van der Waals surface area contributed by atoms with Crippen LogP contribution in [0.4, 0.5) is 0 Å². The van der Waals surface area contributed by atoms with Gasteiger partial charge in [0.2, 0.25) is 0 Å². The molecule has 0 aliphatic carbocycles. The monoisotopic (exact) mass is 274 g/mol. The molecule has 0 amide bonds. The maximum atomic E-state index is 11.9. The van der Waals surface area contributed by atoms with Crippen LogP contribution in [0.2, 0.25) is 0 Å². The Labute approximate surface area is 118 Å². The molecule has 0 spiro atoms. The van der Waals surface area contributed by atoms with Crippen molar-refractivity contribution < 1.29 is 9.53 Å². The smallest absolute Gasteiger partial charge is 0.313 e. The van der Waals surface area contributed by atoms with E-state index >= 15 is 0 Å². The van der Waals surface area contributed by atoms with Gasteiger partial charge in [-0.15, -0.1) is 11.3 Å². The summed E-state index contributed by atoms with van der Waals surface area (Å²) in [5.74, 6) is -0.288. The van der Waals surface area contributed by atoms with Gasteiger partial charge < -0.3 is 4.74 Å². The van der Waals surface area contributed by atoms with Crippen molar-refractivity contribution in [3.63, 3.8) is 0 Å². The Kier molecular flexibility index (Phi) is 5.16. The summed E-state index contributed by atoms with van der Waals surface area (Å²) in [6, 6.07) is 14.1. The van der Waals surface area contributed by atoms with Crippen molar-refractivity contribution in [3.05, 3.63) is 58.3 Å². The maximum Gasteiger partial charge on any atom is 0.313 e. The standard InChI is InChI=1S/C16H18O2S/c1-18-16(17)15(13-7-3-2-4-8-13)11-5-9-14-10-6-12-19-14/h2-4,6-8,10,12,15H,5,9,11H2,1H3/t15-/m0/s1. The number of benzene rings is 1. The van der Waals surface area contributed by atoms with Gasteiger partial charge in [-0.1, -0.05) is 36.4 Å². The molecule has 0 aliphatic rings. The fraction of sp³-hybridized carbons (Fsp3) is 0.312. The number of hydrogen-bond acceptors (Lipinski definition) is 3. The Morgan fingerprint density at radius 1 is 1.21 bits per heavy atom. The van der Waals surface area contributed by atoms with E-state index in [0.29, 0.717) is 0 Å². The molecule has 0 N–H and O–H groups in total. The zero-order chi connectivity index (χ0) is 13.5. The summed E-state index contributed by atoms with van der Waals surface area (Å²) in [4.78, 5) is 13.3. The van der Waals surface area contributed by atoms with E-state index in [1.807, 2.05) is 30.3 Å². The van der Waals surface area contributed by atoms with E-state index in [-0.39, 0.29) is 11.9 Å². The van der Waals surface area contributed by atoms with Crippen LogP contribution in [0.15, 0.2) is 47.8 Å². The molecule has 1 aromatic carbocycles. The predicted octanol–water partition coefficient (Wildman–Crippen LogP) is 4.03. The lowest BCUT2D eigenvalue weighted by molar-refractivity contribution is -0.142. The van der Waals surface area contributed by atoms with Gasteiger partial charge in [0.25, 0.3) is 0 Å². The van der Waals surface area contributed by atoms with Crippen molar-refractivity contribution >= 4 is 17.3 Å². The normalized spacial score (nSPS) is 12.1. The van der Waals surface area contributed by atoms with Gasteiger partial charge in [0.05, 0.1) is 13.0 Å². The number of methoxy groups -OCH3 is 1. The van der Waals surface area contributed by atoms with Gasteiger partial charge in [-0.2, -0.15) is 0 Å². The van der Waals surface area contributed by atoms with Crippen molar-refractivity contribution in [2.75, 3.05) is 7.11 Å². The van der Waals surface area contributed by atoms with Crippen LogP contribution < -0.4 is 0 Å². The van der Waals surface area contributed by atoms with Gasteiger partial charge in [-0.25, -0.2) is 0 Å². The summed E-state index contributed by atoms with van der Waals surface area (Å²) >= 11 is 1.77. The predicted molar refractivity (Wildman–Crippen MR) is 78.5 cm³/mol. The molecular formula is C16H18O2S. The van der Waals surface area contributed by atoms with Gasteiger partial charge in [-0.05, 0) is 36.3 Å². The first-order valence-electron chi connectivity index (χ1n) is 6.46. The summed E-state index contributed by atoms with van der Waals surface area (Å²) in [7, 11) is 1.46. The summed E-state index contributed by atoms with van der Waals surface area (Å²) in [6.07, 6.45) is 2.85. The van der Waals surface area contributed by atoms with Crippen molar-refractivity contribution in [2.45, 2.75) is 25.2 Å². The number of carbonyl (C=O) groups is 1. The first-order valence-corrected chi connectivity index (χ1v) is 7.34. The third-order valence-corrected chi connectivity index (χ3v) is 4.12. The largest absolute Gasteiger partial charge is 0.469 e. The van der Waals surface area contributed by atoms with Crippen molar-refractivity contribution in [1.82, 2.24) is 0 Å². The molecule has 0 saturated heterocycles. The minimum atomic E-state index is -0.147. The van der Waals surface area contributed by atoms with Gasteiger partial charge in [-0.3, -0.25) is 4.79 Å². The van der Waals surface area contributed by atoms with Crippen LogP contribution in [0.1, 0.15) is 29.2 Å². The number of aryl methyl sites for hydroxylation is 1. The second kappa shape index (κ2) is 7.10. The zero-order valence-electron chi connectivity index (χ0n) is 11.0. The minimum absolute atomic E-state index is 0.141. The lowest BCUT2D eigenvalue weighted by Gasteiger charge is -2.14. The summed E-state index contributed by atoms with van der Waals surface area (Å²) < 4.78 is 4.92. The highest BCUT2D eigenvalue weighted by Gasteiger charge is 2.20. The molecule has 0 bridgehead atoms. The van der Waals surface area contributed by atoms with Crippen molar-refractivity contribution in [3.8, 4) is 0 Å². The maximum absolute atomic E-state index is 11.9. The Morgan fingerprint density at radius 3 is 2.63 bits per heavy atom.